The number of rotatable bonds is 4. The zero-order valence-corrected chi connectivity index (χ0v) is 12.0. The molecule has 0 saturated carbocycles. The molecule has 22 heavy (non-hydrogen) atoms. The third kappa shape index (κ3) is 3.06. The fourth-order valence-electron chi connectivity index (χ4n) is 1.82. The molecule has 0 spiro atoms. The van der Waals surface area contributed by atoms with Gasteiger partial charge in [0.25, 0.3) is 0 Å². The SMILES string of the molecule is O=C(CSc1nnc2ccccn12)Nc1ccc(F)c(F)c1. The maximum atomic E-state index is 13.1. The van der Waals surface area contributed by atoms with Gasteiger partial charge < -0.3 is 5.32 Å². The third-order valence-corrected chi connectivity index (χ3v) is 3.76. The quantitative estimate of drug-likeness (QED) is 0.751. The lowest BCUT2D eigenvalue weighted by Crippen LogP contribution is -2.14. The van der Waals surface area contributed by atoms with E-state index in [1.54, 1.807) is 16.7 Å². The van der Waals surface area contributed by atoms with Gasteiger partial charge in [-0.1, -0.05) is 17.8 Å². The summed E-state index contributed by atoms with van der Waals surface area (Å²) in [5, 5.41) is 11.0. The molecule has 2 aromatic heterocycles. The number of thioether (sulfide) groups is 1. The van der Waals surface area contributed by atoms with E-state index < -0.39 is 11.6 Å². The van der Waals surface area contributed by atoms with Crippen LogP contribution in [0.15, 0.2) is 47.8 Å². The summed E-state index contributed by atoms with van der Waals surface area (Å²) in [4.78, 5) is 11.8. The molecule has 1 aromatic carbocycles. The lowest BCUT2D eigenvalue weighted by molar-refractivity contribution is -0.113. The summed E-state index contributed by atoms with van der Waals surface area (Å²) in [6.45, 7) is 0. The van der Waals surface area contributed by atoms with Gasteiger partial charge in [-0.15, -0.1) is 10.2 Å². The van der Waals surface area contributed by atoms with E-state index in [9.17, 15) is 13.6 Å². The largest absolute Gasteiger partial charge is 0.325 e. The molecular formula is C14H10F2N4OS. The van der Waals surface area contributed by atoms with Crippen LogP contribution >= 0.6 is 11.8 Å². The molecule has 0 aliphatic rings. The second kappa shape index (κ2) is 6.10. The Morgan fingerprint density at radius 2 is 2.05 bits per heavy atom. The van der Waals surface area contributed by atoms with Crippen molar-refractivity contribution in [1.29, 1.82) is 0 Å². The Morgan fingerprint density at radius 3 is 2.86 bits per heavy atom. The number of anilines is 1. The molecule has 0 radical (unpaired) electrons. The van der Waals surface area contributed by atoms with Crippen molar-refractivity contribution in [3.05, 3.63) is 54.2 Å². The molecule has 2 heterocycles. The van der Waals surface area contributed by atoms with Crippen LogP contribution < -0.4 is 5.32 Å². The van der Waals surface area contributed by atoms with Crippen LogP contribution in [0.1, 0.15) is 0 Å². The van der Waals surface area contributed by atoms with Crippen molar-refractivity contribution in [3.63, 3.8) is 0 Å². The van der Waals surface area contributed by atoms with E-state index in [1.807, 2.05) is 12.1 Å². The fraction of sp³-hybridized carbons (Fsp3) is 0.0714. The van der Waals surface area contributed by atoms with Gasteiger partial charge in [-0.2, -0.15) is 0 Å². The first kappa shape index (κ1) is 14.5. The van der Waals surface area contributed by atoms with Gasteiger partial charge in [0.2, 0.25) is 5.91 Å². The van der Waals surface area contributed by atoms with E-state index in [-0.39, 0.29) is 17.3 Å². The van der Waals surface area contributed by atoms with Gasteiger partial charge in [0, 0.05) is 18.0 Å². The van der Waals surface area contributed by atoms with Crippen LogP contribution in [0.4, 0.5) is 14.5 Å². The molecule has 0 aliphatic carbocycles. The number of benzene rings is 1. The predicted octanol–water partition coefficient (Wildman–Crippen LogP) is 2.74. The molecule has 8 heteroatoms. The maximum Gasteiger partial charge on any atom is 0.234 e. The highest BCUT2D eigenvalue weighted by Gasteiger charge is 2.10. The number of hydrogen-bond acceptors (Lipinski definition) is 4. The topological polar surface area (TPSA) is 59.3 Å². The Bertz CT molecular complexity index is 837. The van der Waals surface area contributed by atoms with Gasteiger partial charge in [-0.25, -0.2) is 8.78 Å². The fourth-order valence-corrected chi connectivity index (χ4v) is 2.54. The average molecular weight is 320 g/mol. The number of hydrogen-bond donors (Lipinski definition) is 1. The van der Waals surface area contributed by atoms with Gasteiger partial charge in [-0.3, -0.25) is 9.20 Å². The molecule has 112 valence electrons. The minimum absolute atomic E-state index is 0.0781. The number of aromatic nitrogens is 3. The maximum absolute atomic E-state index is 13.1. The van der Waals surface area contributed by atoms with Gasteiger partial charge in [0.1, 0.15) is 0 Å². The number of fused-ring (bicyclic) bond motifs is 1. The first-order chi connectivity index (χ1) is 10.6. The number of amides is 1. The van der Waals surface area contributed by atoms with E-state index in [4.69, 9.17) is 0 Å². The van der Waals surface area contributed by atoms with Crippen molar-refractivity contribution in [2.45, 2.75) is 5.16 Å². The second-order valence-corrected chi connectivity index (χ2v) is 5.32. The van der Waals surface area contributed by atoms with Crippen LogP contribution in [0.3, 0.4) is 0 Å². The van der Waals surface area contributed by atoms with Crippen molar-refractivity contribution >= 4 is 29.0 Å². The molecule has 0 unspecified atom stereocenters. The van der Waals surface area contributed by atoms with Crippen molar-refractivity contribution in [2.75, 3.05) is 11.1 Å². The van der Waals surface area contributed by atoms with Crippen molar-refractivity contribution in [1.82, 2.24) is 14.6 Å². The second-order valence-electron chi connectivity index (χ2n) is 4.38. The third-order valence-electron chi connectivity index (χ3n) is 2.82. The van der Waals surface area contributed by atoms with Crippen molar-refractivity contribution in [3.8, 4) is 0 Å². The van der Waals surface area contributed by atoms with Crippen LogP contribution in [-0.2, 0) is 4.79 Å². The molecule has 0 aliphatic heterocycles. The summed E-state index contributed by atoms with van der Waals surface area (Å²) in [6, 6.07) is 8.68. The molecule has 0 fully saturated rings. The van der Waals surface area contributed by atoms with Crippen LogP contribution in [0.25, 0.3) is 5.65 Å². The Kier molecular flexibility index (Phi) is 4.01. The lowest BCUT2D eigenvalue weighted by atomic mass is 10.3. The minimum atomic E-state index is -1.01. The van der Waals surface area contributed by atoms with Crippen molar-refractivity contribution in [2.24, 2.45) is 0 Å². The molecule has 3 rings (SSSR count). The van der Waals surface area contributed by atoms with E-state index in [0.29, 0.717) is 10.8 Å². The van der Waals surface area contributed by atoms with Gasteiger partial charge in [-0.05, 0) is 24.3 Å². The Hall–Kier alpha value is -2.48. The van der Waals surface area contributed by atoms with Crippen molar-refractivity contribution < 1.29 is 13.6 Å². The highest BCUT2D eigenvalue weighted by Crippen LogP contribution is 2.18. The average Bonchev–Trinajstić information content (AvgIpc) is 2.92. The molecule has 0 atom stereocenters. The zero-order chi connectivity index (χ0) is 15.5. The Balaban J connectivity index is 1.63. The summed E-state index contributed by atoms with van der Waals surface area (Å²) in [5.41, 5.74) is 0.890. The number of pyridine rings is 1. The molecular weight excluding hydrogens is 310 g/mol. The van der Waals surface area contributed by atoms with E-state index >= 15 is 0 Å². The lowest BCUT2D eigenvalue weighted by Gasteiger charge is -2.05. The van der Waals surface area contributed by atoms with Gasteiger partial charge in [0.05, 0.1) is 5.75 Å². The minimum Gasteiger partial charge on any atom is -0.325 e. The number of halogens is 2. The highest BCUT2D eigenvalue weighted by molar-refractivity contribution is 7.99. The first-order valence-electron chi connectivity index (χ1n) is 6.31. The van der Waals surface area contributed by atoms with Crippen LogP contribution in [-0.4, -0.2) is 26.3 Å². The summed E-state index contributed by atoms with van der Waals surface area (Å²) in [7, 11) is 0. The Labute approximate surface area is 128 Å². The summed E-state index contributed by atoms with van der Waals surface area (Å²) < 4.78 is 27.6. The zero-order valence-electron chi connectivity index (χ0n) is 11.2. The standard InChI is InChI=1S/C14H10F2N4OS/c15-10-5-4-9(7-11(10)16)17-13(21)8-22-14-19-18-12-3-1-2-6-20(12)14/h1-7H,8H2,(H,17,21). The summed E-state index contributed by atoms with van der Waals surface area (Å²) in [6.07, 6.45) is 1.80. The summed E-state index contributed by atoms with van der Waals surface area (Å²) >= 11 is 1.20. The first-order valence-corrected chi connectivity index (χ1v) is 7.29. The number of nitrogens with one attached hydrogen (secondary N) is 1. The number of nitrogens with zero attached hydrogens (tertiary/aromatic N) is 3. The number of carbonyl (C=O) groups is 1. The molecule has 1 N–H and O–H groups in total. The highest BCUT2D eigenvalue weighted by atomic mass is 32.2. The van der Waals surface area contributed by atoms with E-state index in [1.165, 1.54) is 17.8 Å². The van der Waals surface area contributed by atoms with Crippen LogP contribution in [0.5, 0.6) is 0 Å². The van der Waals surface area contributed by atoms with Gasteiger partial charge >= 0.3 is 0 Å². The van der Waals surface area contributed by atoms with E-state index in [2.05, 4.69) is 15.5 Å². The predicted molar refractivity (Wildman–Crippen MR) is 78.7 cm³/mol. The van der Waals surface area contributed by atoms with Crippen LogP contribution in [0.2, 0.25) is 0 Å². The molecule has 5 nitrogen and oxygen atoms in total. The molecule has 3 aromatic rings. The normalized spacial score (nSPS) is 10.8. The van der Waals surface area contributed by atoms with E-state index in [0.717, 1.165) is 12.1 Å². The molecule has 0 saturated heterocycles. The smallest absolute Gasteiger partial charge is 0.234 e. The number of carbonyl (C=O) groups excluding carboxylic acids is 1. The Morgan fingerprint density at radius 1 is 1.18 bits per heavy atom. The summed E-state index contributed by atoms with van der Waals surface area (Å²) in [5.74, 6) is -2.23. The van der Waals surface area contributed by atoms with Gasteiger partial charge in [0.15, 0.2) is 22.4 Å². The molecule has 1 amide bonds. The monoisotopic (exact) mass is 320 g/mol. The molecule has 0 bridgehead atoms. The van der Waals surface area contributed by atoms with Crippen LogP contribution in [0, 0.1) is 11.6 Å².